The molecule has 1 fully saturated rings. The fourth-order valence-electron chi connectivity index (χ4n) is 1.93. The van der Waals surface area contributed by atoms with Gasteiger partial charge in [-0.15, -0.1) is 0 Å². The van der Waals surface area contributed by atoms with Crippen molar-refractivity contribution in [3.05, 3.63) is 42.4 Å². The highest BCUT2D eigenvalue weighted by Gasteiger charge is 2.27. The van der Waals surface area contributed by atoms with Crippen LogP contribution in [0.4, 0.5) is 5.82 Å². The van der Waals surface area contributed by atoms with E-state index in [2.05, 4.69) is 14.7 Å². The van der Waals surface area contributed by atoms with E-state index in [0.29, 0.717) is 17.5 Å². The van der Waals surface area contributed by atoms with E-state index in [1.165, 1.54) is 19.2 Å². The van der Waals surface area contributed by atoms with Gasteiger partial charge in [0, 0.05) is 18.2 Å². The quantitative estimate of drug-likeness (QED) is 0.915. The molecule has 3 rings (SSSR count). The van der Waals surface area contributed by atoms with Crippen LogP contribution in [0.1, 0.15) is 24.6 Å². The highest BCUT2D eigenvalue weighted by atomic mass is 32.2. The summed E-state index contributed by atoms with van der Waals surface area (Å²) in [5, 5.41) is 0. The van der Waals surface area contributed by atoms with E-state index >= 15 is 0 Å². The Morgan fingerprint density at radius 2 is 2.10 bits per heavy atom. The van der Waals surface area contributed by atoms with Crippen molar-refractivity contribution in [3.63, 3.8) is 0 Å². The molecule has 0 aliphatic heterocycles. The van der Waals surface area contributed by atoms with Crippen molar-refractivity contribution in [3.8, 4) is 5.75 Å². The number of aromatic nitrogens is 2. The van der Waals surface area contributed by atoms with Crippen LogP contribution in [0, 0.1) is 0 Å². The monoisotopic (exact) mass is 305 g/mol. The number of sulfonamides is 1. The zero-order valence-electron chi connectivity index (χ0n) is 11.5. The maximum absolute atomic E-state index is 12.3. The van der Waals surface area contributed by atoms with Crippen molar-refractivity contribution < 1.29 is 13.2 Å². The van der Waals surface area contributed by atoms with Gasteiger partial charge in [-0.25, -0.2) is 18.4 Å². The number of nitrogens with one attached hydrogen (secondary N) is 1. The molecular weight excluding hydrogens is 290 g/mol. The summed E-state index contributed by atoms with van der Waals surface area (Å²) in [6, 6.07) is 7.83. The number of ether oxygens (including phenoxy) is 1. The maximum Gasteiger partial charge on any atom is 0.263 e. The molecule has 0 saturated heterocycles. The Bertz CT molecular complexity index is 758. The van der Waals surface area contributed by atoms with Gasteiger partial charge in [-0.2, -0.15) is 0 Å². The van der Waals surface area contributed by atoms with Crippen molar-refractivity contribution in [1.82, 2.24) is 9.97 Å². The molecule has 0 bridgehead atoms. The SMILES string of the molecule is COc1cccc(S(=O)(=O)Nc2ccnc(C3CC3)n2)c1. The summed E-state index contributed by atoms with van der Waals surface area (Å²) in [6.07, 6.45) is 3.70. The first-order valence-electron chi connectivity index (χ1n) is 6.58. The summed E-state index contributed by atoms with van der Waals surface area (Å²) in [5.74, 6) is 1.83. The number of methoxy groups -OCH3 is 1. The van der Waals surface area contributed by atoms with Crippen molar-refractivity contribution in [1.29, 1.82) is 0 Å². The summed E-state index contributed by atoms with van der Waals surface area (Å²) in [5.41, 5.74) is 0. The molecule has 1 saturated carbocycles. The molecular formula is C14H15N3O3S. The largest absolute Gasteiger partial charge is 0.497 e. The number of anilines is 1. The van der Waals surface area contributed by atoms with Gasteiger partial charge < -0.3 is 4.74 Å². The van der Waals surface area contributed by atoms with Gasteiger partial charge in [-0.3, -0.25) is 4.72 Å². The Labute approximate surface area is 123 Å². The highest BCUT2D eigenvalue weighted by molar-refractivity contribution is 7.92. The second kappa shape index (κ2) is 5.33. The minimum absolute atomic E-state index is 0.133. The Morgan fingerprint density at radius 1 is 1.29 bits per heavy atom. The third-order valence-electron chi connectivity index (χ3n) is 3.21. The third kappa shape index (κ3) is 3.13. The van der Waals surface area contributed by atoms with E-state index in [9.17, 15) is 8.42 Å². The molecule has 0 unspecified atom stereocenters. The molecule has 0 radical (unpaired) electrons. The van der Waals surface area contributed by atoms with Gasteiger partial charge in [0.2, 0.25) is 0 Å². The molecule has 21 heavy (non-hydrogen) atoms. The fraction of sp³-hybridized carbons (Fsp3) is 0.286. The van der Waals surface area contributed by atoms with Crippen LogP contribution in [0.2, 0.25) is 0 Å². The van der Waals surface area contributed by atoms with Crippen molar-refractivity contribution in [2.75, 3.05) is 11.8 Å². The van der Waals surface area contributed by atoms with E-state index < -0.39 is 10.0 Å². The average Bonchev–Trinajstić information content (AvgIpc) is 3.32. The minimum atomic E-state index is -3.69. The van der Waals surface area contributed by atoms with Gasteiger partial charge in [-0.1, -0.05) is 6.07 Å². The maximum atomic E-state index is 12.3. The van der Waals surface area contributed by atoms with Crippen LogP contribution >= 0.6 is 0 Å². The fourth-order valence-corrected chi connectivity index (χ4v) is 2.97. The molecule has 1 aromatic carbocycles. The minimum Gasteiger partial charge on any atom is -0.497 e. The van der Waals surface area contributed by atoms with Crippen LogP contribution in [0.5, 0.6) is 5.75 Å². The van der Waals surface area contributed by atoms with Crippen LogP contribution in [0.15, 0.2) is 41.4 Å². The molecule has 2 aromatic rings. The first-order valence-corrected chi connectivity index (χ1v) is 8.06. The predicted octanol–water partition coefficient (Wildman–Crippen LogP) is 2.16. The third-order valence-corrected chi connectivity index (χ3v) is 4.56. The van der Waals surface area contributed by atoms with E-state index in [-0.39, 0.29) is 10.7 Å². The second-order valence-corrected chi connectivity index (χ2v) is 6.54. The topological polar surface area (TPSA) is 81.2 Å². The van der Waals surface area contributed by atoms with Crippen molar-refractivity contribution >= 4 is 15.8 Å². The van der Waals surface area contributed by atoms with Gasteiger partial charge in [0.25, 0.3) is 10.0 Å². The van der Waals surface area contributed by atoms with Gasteiger partial charge >= 0.3 is 0 Å². The number of hydrogen-bond donors (Lipinski definition) is 1. The average molecular weight is 305 g/mol. The Hall–Kier alpha value is -2.15. The first kappa shape index (κ1) is 13.8. The van der Waals surface area contributed by atoms with E-state index in [4.69, 9.17) is 4.74 Å². The zero-order valence-corrected chi connectivity index (χ0v) is 12.3. The highest BCUT2D eigenvalue weighted by Crippen LogP contribution is 2.38. The lowest BCUT2D eigenvalue weighted by atomic mass is 10.3. The molecule has 0 amide bonds. The summed E-state index contributed by atoms with van der Waals surface area (Å²) < 4.78 is 32.2. The number of benzene rings is 1. The lowest BCUT2D eigenvalue weighted by molar-refractivity contribution is 0.413. The van der Waals surface area contributed by atoms with Crippen LogP contribution in [0.3, 0.4) is 0 Å². The first-order chi connectivity index (χ1) is 10.1. The van der Waals surface area contributed by atoms with Crippen molar-refractivity contribution in [2.45, 2.75) is 23.7 Å². The summed E-state index contributed by atoms with van der Waals surface area (Å²) in [4.78, 5) is 8.55. The number of rotatable bonds is 5. The van der Waals surface area contributed by atoms with Crippen molar-refractivity contribution in [2.24, 2.45) is 0 Å². The number of nitrogens with zero attached hydrogens (tertiary/aromatic N) is 2. The molecule has 0 spiro atoms. The molecule has 110 valence electrons. The molecule has 7 heteroatoms. The molecule has 1 heterocycles. The predicted molar refractivity (Wildman–Crippen MR) is 77.8 cm³/mol. The van der Waals surface area contributed by atoms with Gasteiger partial charge in [0.15, 0.2) is 0 Å². The standard InChI is InChI=1S/C14H15N3O3S/c1-20-11-3-2-4-12(9-11)21(18,19)17-13-7-8-15-14(16-13)10-5-6-10/h2-4,7-10H,5-6H2,1H3,(H,15,16,17). The second-order valence-electron chi connectivity index (χ2n) is 4.86. The zero-order chi connectivity index (χ0) is 14.9. The summed E-state index contributed by atoms with van der Waals surface area (Å²) >= 11 is 0. The van der Waals surface area contributed by atoms with Crippen LogP contribution in [-0.4, -0.2) is 25.5 Å². The Kier molecular flexibility index (Phi) is 3.50. The van der Waals surface area contributed by atoms with Crippen LogP contribution in [-0.2, 0) is 10.0 Å². The lowest BCUT2D eigenvalue weighted by Crippen LogP contribution is -2.14. The van der Waals surface area contributed by atoms with E-state index in [1.54, 1.807) is 24.4 Å². The Morgan fingerprint density at radius 3 is 2.81 bits per heavy atom. The lowest BCUT2D eigenvalue weighted by Gasteiger charge is -2.09. The molecule has 1 aromatic heterocycles. The van der Waals surface area contributed by atoms with Crippen LogP contribution in [0.25, 0.3) is 0 Å². The molecule has 1 aliphatic rings. The van der Waals surface area contributed by atoms with E-state index in [0.717, 1.165) is 12.8 Å². The molecule has 6 nitrogen and oxygen atoms in total. The number of hydrogen-bond acceptors (Lipinski definition) is 5. The van der Waals surface area contributed by atoms with Gasteiger partial charge in [0.05, 0.1) is 12.0 Å². The molecule has 1 aliphatic carbocycles. The summed E-state index contributed by atoms with van der Waals surface area (Å²) in [6.45, 7) is 0. The Balaban J connectivity index is 1.86. The van der Waals surface area contributed by atoms with E-state index in [1.807, 2.05) is 0 Å². The molecule has 1 N–H and O–H groups in total. The van der Waals surface area contributed by atoms with Crippen LogP contribution < -0.4 is 9.46 Å². The smallest absolute Gasteiger partial charge is 0.263 e. The summed E-state index contributed by atoms with van der Waals surface area (Å²) in [7, 11) is -2.20. The van der Waals surface area contributed by atoms with Gasteiger partial charge in [-0.05, 0) is 31.0 Å². The van der Waals surface area contributed by atoms with Gasteiger partial charge in [0.1, 0.15) is 17.4 Å². The molecule has 0 atom stereocenters. The normalized spacial score (nSPS) is 14.7.